The molecule has 1 fully saturated rings. The minimum Gasteiger partial charge on any atom is -0.467 e. The quantitative estimate of drug-likeness (QED) is 0.843. The first-order chi connectivity index (χ1) is 9.79. The number of hydrogen-bond acceptors (Lipinski definition) is 6. The number of hydrogen-bond donors (Lipinski definition) is 1. The Bertz CT molecular complexity index is 585. The molecule has 1 saturated heterocycles. The van der Waals surface area contributed by atoms with Gasteiger partial charge in [-0.25, -0.2) is 9.48 Å². The first-order valence-electron chi connectivity index (χ1n) is 6.57. The maximum absolute atomic E-state index is 11.8. The third-order valence-corrected chi connectivity index (χ3v) is 3.43. The highest BCUT2D eigenvalue weighted by Crippen LogP contribution is 2.26. The maximum Gasteiger partial charge on any atom is 0.360 e. The van der Waals surface area contributed by atoms with E-state index in [-0.39, 0.29) is 11.7 Å². The molecule has 0 radical (unpaired) electrons. The van der Waals surface area contributed by atoms with Crippen molar-refractivity contribution < 1.29 is 13.9 Å². The van der Waals surface area contributed by atoms with E-state index in [0.717, 1.165) is 30.8 Å². The number of carbonyl (C=O) groups excluding carboxylic acids is 1. The van der Waals surface area contributed by atoms with Crippen LogP contribution in [0.1, 0.15) is 40.8 Å². The van der Waals surface area contributed by atoms with E-state index in [0.29, 0.717) is 6.54 Å². The molecule has 1 aliphatic rings. The van der Waals surface area contributed by atoms with Crippen LogP contribution >= 0.6 is 0 Å². The zero-order valence-electron chi connectivity index (χ0n) is 11.2. The van der Waals surface area contributed by atoms with Crippen LogP contribution < -0.4 is 5.32 Å². The molecular weight excluding hydrogens is 260 g/mol. The van der Waals surface area contributed by atoms with E-state index in [9.17, 15) is 4.79 Å². The van der Waals surface area contributed by atoms with Gasteiger partial charge in [0.1, 0.15) is 12.3 Å². The van der Waals surface area contributed by atoms with Crippen LogP contribution in [0.5, 0.6) is 0 Å². The fourth-order valence-corrected chi connectivity index (χ4v) is 2.49. The Morgan fingerprint density at radius 1 is 1.65 bits per heavy atom. The molecule has 1 aliphatic heterocycles. The van der Waals surface area contributed by atoms with Gasteiger partial charge in [-0.15, -0.1) is 5.10 Å². The SMILES string of the molecule is COC(=O)c1nnn(Cc2ccco2)c1C1CCCN1. The summed E-state index contributed by atoms with van der Waals surface area (Å²) in [7, 11) is 1.35. The molecule has 7 heteroatoms. The van der Waals surface area contributed by atoms with Crippen molar-refractivity contribution in [3.05, 3.63) is 35.5 Å². The maximum atomic E-state index is 11.8. The lowest BCUT2D eigenvalue weighted by atomic mass is 10.1. The van der Waals surface area contributed by atoms with Gasteiger partial charge in [-0.1, -0.05) is 5.21 Å². The average molecular weight is 276 g/mol. The van der Waals surface area contributed by atoms with Crippen LogP contribution in [0.15, 0.2) is 22.8 Å². The highest BCUT2D eigenvalue weighted by Gasteiger charge is 2.29. The second-order valence-corrected chi connectivity index (χ2v) is 4.70. The van der Waals surface area contributed by atoms with Crippen LogP contribution in [0.3, 0.4) is 0 Å². The van der Waals surface area contributed by atoms with Gasteiger partial charge < -0.3 is 14.5 Å². The van der Waals surface area contributed by atoms with Gasteiger partial charge in [0, 0.05) is 0 Å². The topological polar surface area (TPSA) is 82.2 Å². The van der Waals surface area contributed by atoms with Gasteiger partial charge in [-0.3, -0.25) is 0 Å². The highest BCUT2D eigenvalue weighted by atomic mass is 16.5. The predicted molar refractivity (Wildman–Crippen MR) is 69.1 cm³/mol. The molecule has 3 heterocycles. The number of nitrogens with one attached hydrogen (secondary N) is 1. The summed E-state index contributed by atoms with van der Waals surface area (Å²) in [5.41, 5.74) is 1.05. The fourth-order valence-electron chi connectivity index (χ4n) is 2.49. The number of methoxy groups -OCH3 is 1. The van der Waals surface area contributed by atoms with E-state index in [1.165, 1.54) is 7.11 Å². The minimum absolute atomic E-state index is 0.0778. The molecule has 1 N–H and O–H groups in total. The smallest absolute Gasteiger partial charge is 0.360 e. The second kappa shape index (κ2) is 5.46. The summed E-state index contributed by atoms with van der Waals surface area (Å²) in [6.45, 7) is 1.38. The van der Waals surface area contributed by atoms with Gasteiger partial charge in [-0.2, -0.15) is 0 Å². The summed E-state index contributed by atoms with van der Waals surface area (Å²) >= 11 is 0. The Labute approximate surface area is 115 Å². The largest absolute Gasteiger partial charge is 0.467 e. The summed E-state index contributed by atoms with van der Waals surface area (Å²) in [4.78, 5) is 11.8. The summed E-state index contributed by atoms with van der Waals surface area (Å²) in [5.74, 6) is 0.310. The van der Waals surface area contributed by atoms with Gasteiger partial charge in [-0.05, 0) is 31.5 Å². The third-order valence-electron chi connectivity index (χ3n) is 3.43. The number of furan rings is 1. The van der Waals surface area contributed by atoms with E-state index in [4.69, 9.17) is 9.15 Å². The van der Waals surface area contributed by atoms with Gasteiger partial charge in [0.15, 0.2) is 5.69 Å². The van der Waals surface area contributed by atoms with Crippen molar-refractivity contribution >= 4 is 5.97 Å². The molecule has 2 aromatic rings. The summed E-state index contributed by atoms with van der Waals surface area (Å²) in [6, 6.07) is 3.76. The molecular formula is C13H16N4O3. The first kappa shape index (κ1) is 12.9. The van der Waals surface area contributed by atoms with Crippen LogP contribution in [0.2, 0.25) is 0 Å². The predicted octanol–water partition coefficient (Wildman–Crippen LogP) is 1.13. The van der Waals surface area contributed by atoms with E-state index in [2.05, 4.69) is 15.6 Å². The van der Waals surface area contributed by atoms with Gasteiger partial charge in [0.05, 0.1) is 25.1 Å². The number of nitrogens with zero attached hydrogens (tertiary/aromatic N) is 3. The number of esters is 1. The number of rotatable bonds is 4. The van der Waals surface area contributed by atoms with Crippen LogP contribution in [-0.4, -0.2) is 34.6 Å². The molecule has 0 saturated carbocycles. The average Bonchev–Trinajstić information content (AvgIpc) is 3.19. The molecule has 0 spiro atoms. The van der Waals surface area contributed by atoms with E-state index in [1.807, 2.05) is 12.1 Å². The molecule has 7 nitrogen and oxygen atoms in total. The Kier molecular flexibility index (Phi) is 3.51. The van der Waals surface area contributed by atoms with E-state index in [1.54, 1.807) is 10.9 Å². The van der Waals surface area contributed by atoms with Gasteiger partial charge in [0.2, 0.25) is 0 Å². The van der Waals surface area contributed by atoms with E-state index < -0.39 is 5.97 Å². The first-order valence-corrected chi connectivity index (χ1v) is 6.57. The van der Waals surface area contributed by atoms with Crippen LogP contribution in [0, 0.1) is 0 Å². The minimum atomic E-state index is -0.459. The zero-order chi connectivity index (χ0) is 13.9. The standard InChI is InChI=1S/C13H16N4O3/c1-19-13(18)11-12(10-5-2-6-14-10)17(16-15-11)8-9-4-3-7-20-9/h3-4,7,10,14H,2,5-6,8H2,1H3. The normalized spacial score (nSPS) is 18.4. The number of aromatic nitrogens is 3. The Hall–Kier alpha value is -2.15. The molecule has 0 amide bonds. The number of carbonyl (C=O) groups is 1. The van der Waals surface area contributed by atoms with Crippen LogP contribution in [0.4, 0.5) is 0 Å². The third kappa shape index (κ3) is 2.32. The summed E-state index contributed by atoms with van der Waals surface area (Å²) < 4.78 is 11.8. The molecule has 2 aromatic heterocycles. The molecule has 106 valence electrons. The zero-order valence-corrected chi connectivity index (χ0v) is 11.2. The fraction of sp³-hybridized carbons (Fsp3) is 0.462. The molecule has 1 unspecified atom stereocenters. The van der Waals surface area contributed by atoms with Crippen LogP contribution in [0.25, 0.3) is 0 Å². The van der Waals surface area contributed by atoms with Gasteiger partial charge in [0.25, 0.3) is 0 Å². The Balaban J connectivity index is 1.96. The molecule has 20 heavy (non-hydrogen) atoms. The van der Waals surface area contributed by atoms with Crippen molar-refractivity contribution in [3.8, 4) is 0 Å². The Morgan fingerprint density at radius 3 is 3.20 bits per heavy atom. The lowest BCUT2D eigenvalue weighted by Crippen LogP contribution is -2.21. The molecule has 0 bridgehead atoms. The lowest BCUT2D eigenvalue weighted by molar-refractivity contribution is 0.0591. The van der Waals surface area contributed by atoms with Crippen molar-refractivity contribution in [1.82, 2.24) is 20.3 Å². The monoisotopic (exact) mass is 276 g/mol. The molecule has 3 rings (SSSR count). The van der Waals surface area contributed by atoms with Crippen molar-refractivity contribution in [2.24, 2.45) is 0 Å². The molecule has 0 aliphatic carbocycles. The summed E-state index contributed by atoms with van der Waals surface area (Å²) in [6.07, 6.45) is 3.63. The number of ether oxygens (including phenoxy) is 1. The highest BCUT2D eigenvalue weighted by molar-refractivity contribution is 5.88. The van der Waals surface area contributed by atoms with Crippen molar-refractivity contribution in [3.63, 3.8) is 0 Å². The molecule has 0 aromatic carbocycles. The van der Waals surface area contributed by atoms with Crippen molar-refractivity contribution in [1.29, 1.82) is 0 Å². The van der Waals surface area contributed by atoms with Crippen molar-refractivity contribution in [2.75, 3.05) is 13.7 Å². The van der Waals surface area contributed by atoms with Crippen molar-refractivity contribution in [2.45, 2.75) is 25.4 Å². The van der Waals surface area contributed by atoms with E-state index >= 15 is 0 Å². The lowest BCUT2D eigenvalue weighted by Gasteiger charge is -2.13. The van der Waals surface area contributed by atoms with Gasteiger partial charge >= 0.3 is 5.97 Å². The summed E-state index contributed by atoms with van der Waals surface area (Å²) in [5, 5.41) is 11.4. The molecule has 1 atom stereocenters. The second-order valence-electron chi connectivity index (χ2n) is 4.70. The Morgan fingerprint density at radius 2 is 2.55 bits per heavy atom. The van der Waals surface area contributed by atoms with Crippen LogP contribution in [-0.2, 0) is 11.3 Å².